The first-order chi connectivity index (χ1) is 23.5. The Morgan fingerprint density at radius 1 is 0.520 bits per heavy atom. The molecular formula is C28H48N2O20. The molecule has 290 valence electrons. The lowest BCUT2D eigenvalue weighted by atomic mass is 9.93. The molecule has 0 aromatic carbocycles. The van der Waals surface area contributed by atoms with E-state index in [-0.39, 0.29) is 0 Å². The number of nitrogens with one attached hydrogen (secondary N) is 2. The van der Waals surface area contributed by atoms with Crippen LogP contribution in [0.15, 0.2) is 0 Å². The SMILES string of the molecule is CC(=O)N[C@@H]1[C@@H](O[C@@H]2O[C@H](CO)[C@@H](O)[C@H](O[C@@H]3O[C@H](CO)[C@H](O)[C@H](O)[C@H]3O[C@@H]3O[C@@H](C)[C@@H](O)[C@@H](O)[C@@H]3O)[C@H]2NC(C)=O)[C@H](O)[C@@H](CO)O[C@H]1O. The molecule has 4 aliphatic heterocycles. The van der Waals surface area contributed by atoms with Gasteiger partial charge < -0.3 is 100.0 Å². The van der Waals surface area contributed by atoms with E-state index >= 15 is 0 Å². The van der Waals surface area contributed by atoms with Gasteiger partial charge in [0.2, 0.25) is 11.8 Å². The van der Waals surface area contributed by atoms with E-state index < -0.39 is 154 Å². The first kappa shape index (κ1) is 41.0. The van der Waals surface area contributed by atoms with Crippen molar-refractivity contribution in [3.63, 3.8) is 0 Å². The third kappa shape index (κ3) is 8.70. The van der Waals surface area contributed by atoms with Gasteiger partial charge in [0.1, 0.15) is 91.4 Å². The molecule has 0 aliphatic carbocycles. The van der Waals surface area contributed by atoms with E-state index in [1.165, 1.54) is 6.92 Å². The fraction of sp³-hybridized carbons (Fsp3) is 0.929. The zero-order valence-corrected chi connectivity index (χ0v) is 27.3. The topological polar surface area (TPSA) is 345 Å². The van der Waals surface area contributed by atoms with Gasteiger partial charge in [-0.2, -0.15) is 0 Å². The molecule has 4 heterocycles. The predicted octanol–water partition coefficient (Wildman–Crippen LogP) is -8.43. The van der Waals surface area contributed by atoms with Crippen LogP contribution in [0.1, 0.15) is 20.8 Å². The molecule has 0 unspecified atom stereocenters. The molecule has 4 fully saturated rings. The number of amides is 2. The van der Waals surface area contributed by atoms with Gasteiger partial charge in [-0.05, 0) is 6.92 Å². The van der Waals surface area contributed by atoms with Crippen LogP contribution in [0.5, 0.6) is 0 Å². The second-order valence-corrected chi connectivity index (χ2v) is 12.6. The third-order valence-electron chi connectivity index (χ3n) is 8.97. The first-order valence-corrected chi connectivity index (χ1v) is 15.9. The highest BCUT2D eigenvalue weighted by atomic mass is 16.8. The van der Waals surface area contributed by atoms with Crippen LogP contribution >= 0.6 is 0 Å². The van der Waals surface area contributed by atoms with E-state index in [4.69, 9.17) is 33.2 Å². The summed E-state index contributed by atoms with van der Waals surface area (Å²) in [5.41, 5.74) is 0. The monoisotopic (exact) mass is 732 g/mol. The van der Waals surface area contributed by atoms with E-state index in [1.54, 1.807) is 0 Å². The number of aliphatic hydroxyl groups excluding tert-OH is 11. The number of aliphatic hydroxyl groups is 11. The number of hydrogen-bond acceptors (Lipinski definition) is 20. The Balaban J connectivity index is 1.69. The van der Waals surface area contributed by atoms with Crippen LogP contribution < -0.4 is 10.6 Å². The van der Waals surface area contributed by atoms with E-state index in [0.717, 1.165) is 13.8 Å². The van der Waals surface area contributed by atoms with E-state index in [1.807, 2.05) is 0 Å². The van der Waals surface area contributed by atoms with Crippen molar-refractivity contribution >= 4 is 11.8 Å². The molecule has 4 aliphatic rings. The van der Waals surface area contributed by atoms with Crippen LogP contribution in [-0.2, 0) is 42.7 Å². The molecule has 50 heavy (non-hydrogen) atoms. The van der Waals surface area contributed by atoms with Crippen molar-refractivity contribution in [2.45, 2.75) is 143 Å². The van der Waals surface area contributed by atoms with Gasteiger partial charge >= 0.3 is 0 Å². The Hall–Kier alpha value is -1.78. The number of carbonyl (C=O) groups excluding carboxylic acids is 2. The summed E-state index contributed by atoms with van der Waals surface area (Å²) in [4.78, 5) is 24.4. The van der Waals surface area contributed by atoms with Crippen LogP contribution in [0.4, 0.5) is 0 Å². The second kappa shape index (κ2) is 17.4. The molecule has 0 bridgehead atoms. The highest BCUT2D eigenvalue weighted by Gasteiger charge is 2.56. The summed E-state index contributed by atoms with van der Waals surface area (Å²) in [5.74, 6) is -1.44. The molecule has 0 spiro atoms. The molecule has 22 nitrogen and oxygen atoms in total. The number of carbonyl (C=O) groups is 2. The predicted molar refractivity (Wildman–Crippen MR) is 156 cm³/mol. The zero-order chi connectivity index (χ0) is 37.2. The fourth-order valence-electron chi connectivity index (χ4n) is 6.27. The van der Waals surface area contributed by atoms with Crippen LogP contribution in [0, 0.1) is 0 Å². The summed E-state index contributed by atoms with van der Waals surface area (Å²) < 4.78 is 39.8. The molecule has 4 saturated heterocycles. The average Bonchev–Trinajstić information content (AvgIpc) is 3.06. The Kier molecular flexibility index (Phi) is 14.2. The van der Waals surface area contributed by atoms with Gasteiger partial charge in [-0.25, -0.2) is 0 Å². The van der Waals surface area contributed by atoms with Crippen LogP contribution in [0.2, 0.25) is 0 Å². The standard InChI is InChI=1S/C28H48N2O20/c1-7-15(36)19(40)21(42)27(44-7)50-24-20(41)16(37)10(4-31)47-28(24)49-23-14(30-9(3)35)26(46-12(6-33)18(23)39)48-22-13(29-8(2)34)25(43)45-11(5-32)17(22)38/h7,10-28,31-33,36-43H,4-6H2,1-3H3,(H,29,34)(H,30,35)/t7-,10+,11+,12+,13+,14+,15+,16-,17+,18+,19+,20-,21-,22+,23+,24+,25+,26-,27-,28-/m0/s1. The molecule has 0 radical (unpaired) electrons. The Labute approximate surface area is 285 Å². The average molecular weight is 733 g/mol. The Morgan fingerprint density at radius 3 is 1.54 bits per heavy atom. The van der Waals surface area contributed by atoms with Crippen molar-refractivity contribution in [1.29, 1.82) is 0 Å². The Bertz CT molecular complexity index is 1130. The molecule has 0 aromatic rings. The summed E-state index contributed by atoms with van der Waals surface area (Å²) in [7, 11) is 0. The molecular weight excluding hydrogens is 684 g/mol. The number of hydrogen-bond donors (Lipinski definition) is 13. The van der Waals surface area contributed by atoms with Crippen molar-refractivity contribution in [2.24, 2.45) is 0 Å². The maximum absolute atomic E-state index is 12.5. The first-order valence-electron chi connectivity index (χ1n) is 15.9. The summed E-state index contributed by atoms with van der Waals surface area (Å²) in [5, 5.41) is 120. The smallest absolute Gasteiger partial charge is 0.217 e. The summed E-state index contributed by atoms with van der Waals surface area (Å²) >= 11 is 0. The molecule has 13 N–H and O–H groups in total. The van der Waals surface area contributed by atoms with Gasteiger partial charge in [0, 0.05) is 13.8 Å². The third-order valence-corrected chi connectivity index (χ3v) is 8.97. The van der Waals surface area contributed by atoms with Gasteiger partial charge in [-0.1, -0.05) is 0 Å². The largest absolute Gasteiger partial charge is 0.394 e. The van der Waals surface area contributed by atoms with Gasteiger partial charge in [-0.3, -0.25) is 9.59 Å². The van der Waals surface area contributed by atoms with Crippen molar-refractivity contribution in [2.75, 3.05) is 19.8 Å². The van der Waals surface area contributed by atoms with Crippen molar-refractivity contribution in [3.05, 3.63) is 0 Å². The lowest BCUT2D eigenvalue weighted by Crippen LogP contribution is -2.71. The molecule has 20 atom stereocenters. The quantitative estimate of drug-likeness (QED) is 0.0938. The highest BCUT2D eigenvalue weighted by Crippen LogP contribution is 2.34. The summed E-state index contributed by atoms with van der Waals surface area (Å²) in [6.45, 7) is 0.959. The van der Waals surface area contributed by atoms with E-state index in [0.29, 0.717) is 0 Å². The van der Waals surface area contributed by atoms with Crippen molar-refractivity contribution in [3.8, 4) is 0 Å². The maximum Gasteiger partial charge on any atom is 0.217 e. The van der Waals surface area contributed by atoms with Crippen molar-refractivity contribution in [1.82, 2.24) is 10.6 Å². The minimum Gasteiger partial charge on any atom is -0.394 e. The minimum atomic E-state index is -1.95. The molecule has 0 saturated carbocycles. The number of rotatable bonds is 11. The Morgan fingerprint density at radius 2 is 0.980 bits per heavy atom. The van der Waals surface area contributed by atoms with Gasteiger partial charge in [-0.15, -0.1) is 0 Å². The molecule has 4 rings (SSSR count). The van der Waals surface area contributed by atoms with Crippen molar-refractivity contribution < 1.29 is 98.9 Å². The summed E-state index contributed by atoms with van der Waals surface area (Å²) in [6, 6.07) is -3.08. The second-order valence-electron chi connectivity index (χ2n) is 12.6. The number of ether oxygens (including phenoxy) is 7. The molecule has 2 amide bonds. The van der Waals surface area contributed by atoms with Crippen LogP contribution in [-0.4, -0.2) is 211 Å². The summed E-state index contributed by atoms with van der Waals surface area (Å²) in [6.07, 6.45) is -30.6. The lowest BCUT2D eigenvalue weighted by Gasteiger charge is -2.50. The molecule has 22 heteroatoms. The minimum absolute atomic E-state index is 0.683. The van der Waals surface area contributed by atoms with Crippen LogP contribution in [0.3, 0.4) is 0 Å². The van der Waals surface area contributed by atoms with Gasteiger partial charge in [0.15, 0.2) is 25.2 Å². The van der Waals surface area contributed by atoms with Gasteiger partial charge in [0.25, 0.3) is 0 Å². The molecule has 0 aromatic heterocycles. The van der Waals surface area contributed by atoms with E-state index in [9.17, 15) is 65.8 Å². The van der Waals surface area contributed by atoms with E-state index in [2.05, 4.69) is 10.6 Å². The van der Waals surface area contributed by atoms with Crippen LogP contribution in [0.25, 0.3) is 0 Å². The van der Waals surface area contributed by atoms with Gasteiger partial charge in [0.05, 0.1) is 25.9 Å². The zero-order valence-electron chi connectivity index (χ0n) is 27.3. The highest BCUT2D eigenvalue weighted by molar-refractivity contribution is 5.73. The lowest BCUT2D eigenvalue weighted by molar-refractivity contribution is -0.384. The maximum atomic E-state index is 12.5. The fourth-order valence-corrected chi connectivity index (χ4v) is 6.27. The normalized spacial score (nSPS) is 48.5.